The summed E-state index contributed by atoms with van der Waals surface area (Å²) in [6.45, 7) is 2.22. The quantitative estimate of drug-likeness (QED) is 0.448. The van der Waals surface area contributed by atoms with E-state index in [0.29, 0.717) is 11.3 Å². The molecule has 0 unspecified atom stereocenters. The van der Waals surface area contributed by atoms with Crippen LogP contribution in [0.15, 0.2) is 41.0 Å². The van der Waals surface area contributed by atoms with Crippen LogP contribution in [0, 0.1) is 5.82 Å². The number of hydrogen-bond acceptors (Lipinski definition) is 1. The van der Waals surface area contributed by atoms with E-state index in [-0.39, 0.29) is 11.6 Å². The van der Waals surface area contributed by atoms with E-state index in [2.05, 4.69) is 13.0 Å². The predicted octanol–water partition coefficient (Wildman–Crippen LogP) is 5.89. The highest BCUT2D eigenvalue weighted by atomic mass is 19.1. The van der Waals surface area contributed by atoms with E-state index < -0.39 is 0 Å². The van der Waals surface area contributed by atoms with Crippen LogP contribution in [0.2, 0.25) is 0 Å². The monoisotopic (exact) mass is 303 g/mol. The first-order valence-electron chi connectivity index (χ1n) is 7.99. The number of hydrogen-bond donors (Lipinski definition) is 0. The van der Waals surface area contributed by atoms with Crippen molar-refractivity contribution in [3.63, 3.8) is 0 Å². The molecule has 0 fully saturated rings. The number of methoxy groups -OCH3 is 1. The summed E-state index contributed by atoms with van der Waals surface area (Å²) in [4.78, 5) is 0. The summed E-state index contributed by atoms with van der Waals surface area (Å²) in [5.74, 6) is 0.527. The van der Waals surface area contributed by atoms with Gasteiger partial charge >= 0.3 is 12.0 Å². The Labute approximate surface area is 131 Å². The normalized spacial score (nSPS) is 10.7. The SMILES string of the molecule is CCCCCCCc1ccc(-c2ccc(OC)c(F)c2)[o+]c1. The summed E-state index contributed by atoms with van der Waals surface area (Å²) >= 11 is 0. The van der Waals surface area contributed by atoms with Crippen molar-refractivity contribution in [3.8, 4) is 17.1 Å². The molecule has 0 saturated heterocycles. The highest BCUT2D eigenvalue weighted by molar-refractivity contribution is 5.58. The van der Waals surface area contributed by atoms with E-state index >= 15 is 0 Å². The van der Waals surface area contributed by atoms with Crippen LogP contribution >= 0.6 is 0 Å². The molecule has 0 aliphatic carbocycles. The molecule has 0 amide bonds. The number of unbranched alkanes of at least 4 members (excludes halogenated alkanes) is 4. The average Bonchev–Trinajstić information content (AvgIpc) is 2.55. The van der Waals surface area contributed by atoms with Crippen LogP contribution in [0.3, 0.4) is 0 Å². The number of ether oxygens (including phenoxy) is 1. The first-order valence-corrected chi connectivity index (χ1v) is 7.99. The van der Waals surface area contributed by atoms with E-state index in [0.717, 1.165) is 6.42 Å². The fourth-order valence-corrected chi connectivity index (χ4v) is 2.46. The molecule has 1 aromatic heterocycles. The van der Waals surface area contributed by atoms with Crippen LogP contribution in [0.1, 0.15) is 44.6 Å². The van der Waals surface area contributed by atoms with Crippen LogP contribution in [0.5, 0.6) is 5.75 Å². The minimum absolute atomic E-state index is 0.243. The number of halogens is 1. The maximum atomic E-state index is 13.7. The molecule has 0 spiro atoms. The lowest BCUT2D eigenvalue weighted by atomic mass is 10.1. The standard InChI is InChI=1S/C19H24FO2/c1-3-4-5-6-7-8-15-9-11-18(22-14-15)16-10-12-19(21-2)17(20)13-16/h9-14H,3-8H2,1-2H3/q+1. The van der Waals surface area contributed by atoms with Gasteiger partial charge in [-0.05, 0) is 37.1 Å². The molecule has 2 rings (SSSR count). The van der Waals surface area contributed by atoms with Crippen LogP contribution in [0.4, 0.5) is 4.39 Å². The Morgan fingerprint density at radius 2 is 1.86 bits per heavy atom. The lowest BCUT2D eigenvalue weighted by molar-refractivity contribution is 0.386. The minimum Gasteiger partial charge on any atom is -0.494 e. The number of aryl methyl sites for hydroxylation is 1. The van der Waals surface area contributed by atoms with Gasteiger partial charge in [0.1, 0.15) is 0 Å². The van der Waals surface area contributed by atoms with Gasteiger partial charge in [-0.2, -0.15) is 0 Å². The van der Waals surface area contributed by atoms with E-state index in [9.17, 15) is 4.39 Å². The fraction of sp³-hybridized carbons (Fsp3) is 0.421. The molecule has 22 heavy (non-hydrogen) atoms. The predicted molar refractivity (Wildman–Crippen MR) is 87.5 cm³/mol. The van der Waals surface area contributed by atoms with Crippen LogP contribution in [-0.2, 0) is 6.42 Å². The smallest absolute Gasteiger partial charge is 0.359 e. The van der Waals surface area contributed by atoms with E-state index in [1.807, 2.05) is 6.07 Å². The number of benzene rings is 1. The highest BCUT2D eigenvalue weighted by Gasteiger charge is 2.14. The largest absolute Gasteiger partial charge is 0.494 e. The molecular weight excluding hydrogens is 279 g/mol. The summed E-state index contributed by atoms with van der Waals surface area (Å²) in [6, 6.07) is 8.80. The molecule has 0 atom stereocenters. The van der Waals surface area contributed by atoms with Gasteiger partial charge in [0.05, 0.1) is 12.7 Å². The molecule has 2 aromatic rings. The Bertz CT molecular complexity index is 578. The Morgan fingerprint density at radius 1 is 1.05 bits per heavy atom. The molecule has 3 heteroatoms. The first-order chi connectivity index (χ1) is 10.7. The van der Waals surface area contributed by atoms with Gasteiger partial charge in [0.15, 0.2) is 11.6 Å². The van der Waals surface area contributed by atoms with Crippen LogP contribution in [-0.4, -0.2) is 7.11 Å². The molecule has 2 nitrogen and oxygen atoms in total. The van der Waals surface area contributed by atoms with Crippen molar-refractivity contribution in [2.24, 2.45) is 0 Å². The summed E-state index contributed by atoms with van der Waals surface area (Å²) in [5, 5.41) is 0. The minimum atomic E-state index is -0.379. The molecule has 0 N–H and O–H groups in total. The maximum absolute atomic E-state index is 13.7. The van der Waals surface area contributed by atoms with E-state index in [4.69, 9.17) is 9.15 Å². The van der Waals surface area contributed by atoms with Gasteiger partial charge in [-0.15, -0.1) is 0 Å². The topological polar surface area (TPSA) is 20.5 Å². The van der Waals surface area contributed by atoms with Gasteiger partial charge in [-0.3, -0.25) is 0 Å². The summed E-state index contributed by atoms with van der Waals surface area (Å²) in [7, 11) is 1.46. The van der Waals surface area contributed by atoms with Crippen molar-refractivity contribution < 1.29 is 13.5 Å². The zero-order chi connectivity index (χ0) is 15.8. The third-order valence-corrected chi connectivity index (χ3v) is 3.79. The second-order valence-corrected chi connectivity index (χ2v) is 5.52. The van der Waals surface area contributed by atoms with Gasteiger partial charge in [0, 0.05) is 11.6 Å². The first kappa shape index (κ1) is 16.5. The Balaban J connectivity index is 1.95. The zero-order valence-corrected chi connectivity index (χ0v) is 13.4. The molecule has 0 aliphatic rings. The second-order valence-electron chi connectivity index (χ2n) is 5.52. The molecule has 1 heterocycles. The second kappa shape index (κ2) is 8.52. The Morgan fingerprint density at radius 3 is 2.50 bits per heavy atom. The van der Waals surface area contributed by atoms with E-state index in [1.165, 1.54) is 50.8 Å². The van der Waals surface area contributed by atoms with Crippen molar-refractivity contribution in [1.29, 1.82) is 0 Å². The summed E-state index contributed by atoms with van der Waals surface area (Å²) in [6.07, 6.45) is 9.14. The number of rotatable bonds is 8. The molecule has 0 aliphatic heterocycles. The third kappa shape index (κ3) is 4.55. The molecule has 0 radical (unpaired) electrons. The Hall–Kier alpha value is -1.90. The van der Waals surface area contributed by atoms with E-state index in [1.54, 1.807) is 18.4 Å². The third-order valence-electron chi connectivity index (χ3n) is 3.79. The van der Waals surface area contributed by atoms with Crippen LogP contribution in [0.25, 0.3) is 11.3 Å². The lowest BCUT2D eigenvalue weighted by Gasteiger charge is -2.01. The van der Waals surface area contributed by atoms with Gasteiger partial charge in [-0.1, -0.05) is 32.6 Å². The molecule has 118 valence electrons. The van der Waals surface area contributed by atoms with Gasteiger partial charge in [-0.25, -0.2) is 8.81 Å². The molecule has 0 bridgehead atoms. The summed E-state index contributed by atoms with van der Waals surface area (Å²) < 4.78 is 24.3. The van der Waals surface area contributed by atoms with Gasteiger partial charge < -0.3 is 4.74 Å². The fourth-order valence-electron chi connectivity index (χ4n) is 2.46. The van der Waals surface area contributed by atoms with Crippen molar-refractivity contribution in [3.05, 3.63) is 48.0 Å². The van der Waals surface area contributed by atoms with Gasteiger partial charge in [0.25, 0.3) is 0 Å². The van der Waals surface area contributed by atoms with Crippen molar-refractivity contribution >= 4 is 0 Å². The lowest BCUT2D eigenvalue weighted by Crippen LogP contribution is -1.89. The maximum Gasteiger partial charge on any atom is 0.359 e. The average molecular weight is 303 g/mol. The van der Waals surface area contributed by atoms with Crippen molar-refractivity contribution in [1.82, 2.24) is 0 Å². The van der Waals surface area contributed by atoms with Crippen molar-refractivity contribution in [2.45, 2.75) is 45.4 Å². The molecular formula is C19H24FO2+. The Kier molecular flexibility index (Phi) is 6.38. The van der Waals surface area contributed by atoms with Crippen LogP contribution < -0.4 is 4.74 Å². The molecule has 0 saturated carbocycles. The van der Waals surface area contributed by atoms with Crippen molar-refractivity contribution in [2.75, 3.05) is 7.11 Å². The molecule has 1 aromatic carbocycles. The summed E-state index contributed by atoms with van der Waals surface area (Å²) in [5.41, 5.74) is 1.90. The van der Waals surface area contributed by atoms with Gasteiger partial charge in [0.2, 0.25) is 0 Å². The zero-order valence-electron chi connectivity index (χ0n) is 13.4. The highest BCUT2D eigenvalue weighted by Crippen LogP contribution is 2.26.